The number of benzene rings is 2. The van der Waals surface area contributed by atoms with Crippen molar-refractivity contribution in [3.8, 4) is 0 Å². The van der Waals surface area contributed by atoms with Crippen molar-refractivity contribution in [2.45, 2.75) is 42.7 Å². The maximum atomic E-state index is 14.6. The monoisotopic (exact) mass is 553 g/mol. The van der Waals surface area contributed by atoms with Crippen LogP contribution < -0.4 is 4.72 Å². The van der Waals surface area contributed by atoms with E-state index < -0.39 is 65.2 Å². The number of halogens is 5. The molecular weight excluding hydrogens is 537 g/mol. The fraction of sp³-hybridized carbons (Fsp3) is 0.300. The minimum Gasteiger partial charge on any atom is -0.389 e. The summed E-state index contributed by atoms with van der Waals surface area (Å²) in [6, 6.07) is 2.57. The molecule has 0 bridgehead atoms. The second-order valence-electron chi connectivity index (χ2n) is 8.47. The molecule has 1 N–H and O–H groups in total. The van der Waals surface area contributed by atoms with Crippen LogP contribution in [0.1, 0.15) is 31.5 Å². The third-order valence-electron chi connectivity index (χ3n) is 5.09. The quantitative estimate of drug-likeness (QED) is 0.465. The Morgan fingerprint density at radius 3 is 2.36 bits per heavy atom. The van der Waals surface area contributed by atoms with Gasteiger partial charge in [0, 0.05) is 17.9 Å². The van der Waals surface area contributed by atoms with Gasteiger partial charge in [0.15, 0.2) is 16.4 Å². The van der Waals surface area contributed by atoms with Gasteiger partial charge in [0.05, 0.1) is 16.1 Å². The zero-order valence-electron chi connectivity index (χ0n) is 18.4. The third kappa shape index (κ3) is 5.00. The molecule has 0 radical (unpaired) electrons. The lowest BCUT2D eigenvalue weighted by Gasteiger charge is -2.13. The highest BCUT2D eigenvalue weighted by Crippen LogP contribution is 2.34. The lowest BCUT2D eigenvalue weighted by molar-refractivity contribution is -0.140. The molecule has 1 aliphatic rings. The van der Waals surface area contributed by atoms with Crippen molar-refractivity contribution < 1.29 is 48.1 Å². The van der Waals surface area contributed by atoms with Gasteiger partial charge in [0.2, 0.25) is 9.84 Å². The van der Waals surface area contributed by atoms with Gasteiger partial charge in [-0.1, -0.05) is 10.3 Å². The van der Waals surface area contributed by atoms with Crippen LogP contribution in [0, 0.1) is 11.6 Å². The molecular formula is C20H16F5N3O6S2. The van der Waals surface area contributed by atoms with E-state index in [1.54, 1.807) is 18.6 Å². The third-order valence-corrected chi connectivity index (χ3v) is 8.04. The first-order valence-corrected chi connectivity index (χ1v) is 13.1. The summed E-state index contributed by atoms with van der Waals surface area (Å²) in [6.45, 7) is 3.26. The van der Waals surface area contributed by atoms with E-state index in [-0.39, 0.29) is 34.2 Å². The number of sulfonamides is 1. The number of anilines is 1. The molecule has 0 aliphatic carbocycles. The molecule has 0 saturated carbocycles. The van der Waals surface area contributed by atoms with Gasteiger partial charge in [-0.25, -0.2) is 25.6 Å². The van der Waals surface area contributed by atoms with Crippen LogP contribution in [0.4, 0.5) is 27.6 Å². The molecule has 9 nitrogen and oxygen atoms in total. The van der Waals surface area contributed by atoms with Crippen molar-refractivity contribution in [2.24, 2.45) is 5.16 Å². The smallest absolute Gasteiger partial charge is 0.389 e. The lowest BCUT2D eigenvalue weighted by Crippen LogP contribution is -2.23. The summed E-state index contributed by atoms with van der Waals surface area (Å²) in [5, 5.41) is 6.87. The first kappa shape index (κ1) is 25.8. The molecule has 2 aromatic carbocycles. The van der Waals surface area contributed by atoms with Crippen molar-refractivity contribution in [3.05, 3.63) is 53.2 Å². The molecule has 0 spiro atoms. The predicted molar refractivity (Wildman–Crippen MR) is 116 cm³/mol. The van der Waals surface area contributed by atoms with E-state index in [2.05, 4.69) is 10.3 Å². The number of alkyl halides is 3. The molecule has 3 aromatic rings. The normalized spacial score (nSPS) is 16.1. The Morgan fingerprint density at radius 2 is 1.75 bits per heavy atom. The number of aromatic nitrogens is 1. The Bertz CT molecular complexity index is 1610. The molecule has 36 heavy (non-hydrogen) atoms. The predicted octanol–water partition coefficient (Wildman–Crippen LogP) is 4.35. The van der Waals surface area contributed by atoms with Gasteiger partial charge in [0.25, 0.3) is 10.0 Å². The number of sulfone groups is 1. The number of nitrogens with zero attached hydrogens (tertiary/aromatic N) is 2. The molecule has 1 aliphatic heterocycles. The van der Waals surface area contributed by atoms with Gasteiger partial charge in [-0.2, -0.15) is 13.2 Å². The average molecular weight is 553 g/mol. The van der Waals surface area contributed by atoms with Crippen molar-refractivity contribution in [2.75, 3.05) is 4.72 Å². The van der Waals surface area contributed by atoms with Crippen LogP contribution >= 0.6 is 0 Å². The minimum absolute atomic E-state index is 0.0115. The summed E-state index contributed by atoms with van der Waals surface area (Å²) in [4.78, 5) is 4.08. The van der Waals surface area contributed by atoms with E-state index in [9.17, 15) is 38.8 Å². The van der Waals surface area contributed by atoms with E-state index in [0.717, 1.165) is 12.1 Å². The molecule has 1 aromatic heterocycles. The van der Waals surface area contributed by atoms with Crippen LogP contribution in [-0.2, 0) is 36.6 Å². The fourth-order valence-corrected chi connectivity index (χ4v) is 5.85. The summed E-state index contributed by atoms with van der Waals surface area (Å²) in [5.41, 5.74) is -3.81. The maximum Gasteiger partial charge on any atom is 0.419 e. The van der Waals surface area contributed by atoms with Gasteiger partial charge in [0.1, 0.15) is 22.9 Å². The van der Waals surface area contributed by atoms with E-state index in [0.29, 0.717) is 12.1 Å². The van der Waals surface area contributed by atoms with E-state index >= 15 is 0 Å². The Kier molecular flexibility index (Phi) is 6.02. The number of nitrogens with one attached hydrogen (secondary N) is 1. The van der Waals surface area contributed by atoms with Gasteiger partial charge in [-0.05, 0) is 38.1 Å². The van der Waals surface area contributed by atoms with Crippen LogP contribution in [0.5, 0.6) is 0 Å². The van der Waals surface area contributed by atoms with Gasteiger partial charge >= 0.3 is 6.18 Å². The van der Waals surface area contributed by atoms with E-state index in [1.807, 2.05) is 0 Å². The first-order valence-electron chi connectivity index (χ1n) is 9.94. The van der Waals surface area contributed by atoms with E-state index in [4.69, 9.17) is 9.36 Å². The highest BCUT2D eigenvalue weighted by molar-refractivity contribution is 8.05. The van der Waals surface area contributed by atoms with Gasteiger partial charge in [-0.3, -0.25) is 4.72 Å². The number of oxime groups is 1. The number of fused-ring (bicyclic) bond motifs is 1. The summed E-state index contributed by atoms with van der Waals surface area (Å²) in [7, 11) is -8.86. The van der Waals surface area contributed by atoms with Crippen molar-refractivity contribution >= 4 is 41.6 Å². The van der Waals surface area contributed by atoms with Crippen LogP contribution in [0.25, 0.3) is 11.0 Å². The van der Waals surface area contributed by atoms with Crippen LogP contribution in [0.2, 0.25) is 0 Å². The second-order valence-corrected chi connectivity index (χ2v) is 12.1. The minimum atomic E-state index is -5.17. The summed E-state index contributed by atoms with van der Waals surface area (Å²) in [6.07, 6.45) is -5.19. The average Bonchev–Trinajstić information content (AvgIpc) is 3.30. The fourth-order valence-electron chi connectivity index (χ4n) is 3.32. The number of hydrogen-bond acceptors (Lipinski definition) is 8. The van der Waals surface area contributed by atoms with Crippen molar-refractivity contribution in [1.82, 2.24) is 5.16 Å². The number of rotatable bonds is 5. The van der Waals surface area contributed by atoms with Crippen LogP contribution in [0.3, 0.4) is 0 Å². The zero-order chi connectivity index (χ0) is 26.7. The number of hydrogen-bond donors (Lipinski definition) is 1. The SMILES string of the molecule is CC1(C)CC(S(=O)(=O)Cc2noc3cc(F)c(NS(=O)(=O)c4ccc(F)c(C(F)(F)F)c4)cc23)=NO1. The molecule has 0 amide bonds. The van der Waals surface area contributed by atoms with Gasteiger partial charge < -0.3 is 9.36 Å². The molecule has 4 rings (SSSR count). The van der Waals surface area contributed by atoms with Crippen molar-refractivity contribution in [1.29, 1.82) is 0 Å². The Morgan fingerprint density at radius 1 is 1.06 bits per heavy atom. The molecule has 16 heteroatoms. The molecule has 194 valence electrons. The first-order chi connectivity index (χ1) is 16.5. The van der Waals surface area contributed by atoms with Crippen LogP contribution in [0.15, 0.2) is 44.9 Å². The molecule has 0 fully saturated rings. The summed E-state index contributed by atoms with van der Waals surface area (Å²) < 4.78 is 125. The van der Waals surface area contributed by atoms with Gasteiger partial charge in [-0.15, -0.1) is 0 Å². The lowest BCUT2D eigenvalue weighted by atomic mass is 10.1. The topological polar surface area (TPSA) is 128 Å². The summed E-state index contributed by atoms with van der Waals surface area (Å²) in [5.74, 6) is -3.61. The Labute approximate surface area is 200 Å². The molecule has 0 saturated heterocycles. The Hall–Kier alpha value is -3.27. The Balaban J connectivity index is 1.68. The molecule has 0 atom stereocenters. The van der Waals surface area contributed by atoms with Crippen molar-refractivity contribution in [3.63, 3.8) is 0 Å². The highest BCUT2D eigenvalue weighted by Gasteiger charge is 2.37. The molecule has 2 heterocycles. The zero-order valence-corrected chi connectivity index (χ0v) is 20.0. The highest BCUT2D eigenvalue weighted by atomic mass is 32.2. The standard InChI is InChI=1S/C20H16F5N3O6S2/c1-19(2)8-18(27-34-19)35(29,30)9-16-11-6-15(14(22)7-17(11)33-26-16)28-36(31,32)10-3-4-13(21)12(5-10)20(23,24)25/h3-7,28H,8-9H2,1-2H3. The largest absolute Gasteiger partial charge is 0.419 e. The van der Waals surface area contributed by atoms with Crippen LogP contribution in [-0.4, -0.2) is 32.6 Å². The van der Waals surface area contributed by atoms with E-state index in [1.165, 1.54) is 0 Å². The summed E-state index contributed by atoms with van der Waals surface area (Å²) >= 11 is 0. The second kappa shape index (κ2) is 8.40. The molecule has 0 unspecified atom stereocenters. The maximum absolute atomic E-state index is 14.6.